The Morgan fingerprint density at radius 1 is 1.08 bits per heavy atom. The predicted octanol–water partition coefficient (Wildman–Crippen LogP) is 1.58. The average Bonchev–Trinajstić information content (AvgIpc) is 3.23. The molecule has 0 aliphatic carbocycles. The molecule has 1 saturated heterocycles. The Labute approximate surface area is 133 Å². The highest BCUT2D eigenvalue weighted by atomic mass is 19.4. The molecule has 11 heteroatoms. The molecule has 0 amide bonds. The molecule has 1 aliphatic rings. The second-order valence-corrected chi connectivity index (χ2v) is 5.58. The number of piperidine rings is 1. The molecule has 0 atom stereocenters. The molecular formula is C13H13F3N8. The molecule has 8 nitrogen and oxygen atoms in total. The Bertz CT molecular complexity index is 833. The van der Waals surface area contributed by atoms with Crippen molar-refractivity contribution < 1.29 is 13.2 Å². The van der Waals surface area contributed by atoms with E-state index in [1.807, 2.05) is 9.58 Å². The summed E-state index contributed by atoms with van der Waals surface area (Å²) in [5, 5.41) is 14.9. The normalized spacial score (nSPS) is 16.9. The van der Waals surface area contributed by atoms with Crippen LogP contribution in [0.5, 0.6) is 0 Å². The van der Waals surface area contributed by atoms with E-state index < -0.39 is 12.0 Å². The van der Waals surface area contributed by atoms with Crippen molar-refractivity contribution in [3.05, 3.63) is 30.6 Å². The fourth-order valence-corrected chi connectivity index (χ4v) is 2.89. The first-order valence-electron chi connectivity index (χ1n) is 7.41. The zero-order valence-electron chi connectivity index (χ0n) is 12.4. The standard InChI is InChI=1S/C13H13F3N8/c14-13(15,16)12-20-19-10-1-2-11(21-24(10)12)22-5-3-9(4-6-22)23-8-17-7-18-23/h1-2,7-9H,3-6H2. The van der Waals surface area contributed by atoms with Crippen molar-refractivity contribution in [2.45, 2.75) is 25.1 Å². The lowest BCUT2D eigenvalue weighted by atomic mass is 10.1. The van der Waals surface area contributed by atoms with Gasteiger partial charge in [-0.2, -0.15) is 22.8 Å². The molecule has 24 heavy (non-hydrogen) atoms. The number of halogens is 3. The van der Waals surface area contributed by atoms with Gasteiger partial charge in [0.05, 0.1) is 6.04 Å². The predicted molar refractivity (Wildman–Crippen MR) is 76.3 cm³/mol. The van der Waals surface area contributed by atoms with Crippen molar-refractivity contribution in [2.24, 2.45) is 0 Å². The molecule has 3 aromatic heterocycles. The van der Waals surface area contributed by atoms with Gasteiger partial charge in [0.2, 0.25) is 0 Å². The summed E-state index contributed by atoms with van der Waals surface area (Å²) in [5.74, 6) is -0.637. The number of aromatic nitrogens is 7. The van der Waals surface area contributed by atoms with Gasteiger partial charge in [-0.3, -0.25) is 0 Å². The van der Waals surface area contributed by atoms with Crippen molar-refractivity contribution in [2.75, 3.05) is 18.0 Å². The van der Waals surface area contributed by atoms with Gasteiger partial charge in [0, 0.05) is 13.1 Å². The van der Waals surface area contributed by atoms with Crippen molar-refractivity contribution in [1.82, 2.24) is 34.6 Å². The summed E-state index contributed by atoms with van der Waals surface area (Å²) in [6.07, 6.45) is 0.212. The van der Waals surface area contributed by atoms with E-state index in [0.717, 1.165) is 17.4 Å². The van der Waals surface area contributed by atoms with Crippen LogP contribution in [0.15, 0.2) is 24.8 Å². The van der Waals surface area contributed by atoms with Crippen LogP contribution in [-0.2, 0) is 6.18 Å². The number of hydrogen-bond donors (Lipinski definition) is 0. The van der Waals surface area contributed by atoms with Crippen LogP contribution in [0.2, 0.25) is 0 Å². The van der Waals surface area contributed by atoms with Gasteiger partial charge in [-0.25, -0.2) is 9.67 Å². The molecule has 126 valence electrons. The monoisotopic (exact) mass is 338 g/mol. The van der Waals surface area contributed by atoms with Gasteiger partial charge < -0.3 is 4.90 Å². The molecule has 0 aromatic carbocycles. The van der Waals surface area contributed by atoms with Crippen molar-refractivity contribution in [3.63, 3.8) is 0 Å². The topological polar surface area (TPSA) is 77.0 Å². The first-order valence-corrected chi connectivity index (χ1v) is 7.41. The average molecular weight is 338 g/mol. The van der Waals surface area contributed by atoms with E-state index >= 15 is 0 Å². The number of nitrogens with zero attached hydrogens (tertiary/aromatic N) is 8. The van der Waals surface area contributed by atoms with E-state index in [9.17, 15) is 13.2 Å². The third-order valence-electron chi connectivity index (χ3n) is 4.10. The molecular weight excluding hydrogens is 325 g/mol. The summed E-state index contributed by atoms with van der Waals surface area (Å²) in [7, 11) is 0. The van der Waals surface area contributed by atoms with Gasteiger partial charge in [-0.1, -0.05) is 0 Å². The highest BCUT2D eigenvalue weighted by molar-refractivity contribution is 5.46. The SMILES string of the molecule is FC(F)(F)c1nnc2ccc(N3CCC(n4cncn4)CC3)nn12. The van der Waals surface area contributed by atoms with E-state index in [4.69, 9.17) is 0 Å². The van der Waals surface area contributed by atoms with E-state index in [2.05, 4.69) is 25.4 Å². The second-order valence-electron chi connectivity index (χ2n) is 5.58. The van der Waals surface area contributed by atoms with E-state index in [-0.39, 0.29) is 11.7 Å². The number of anilines is 1. The first-order chi connectivity index (χ1) is 11.5. The van der Waals surface area contributed by atoms with E-state index in [1.165, 1.54) is 12.4 Å². The highest BCUT2D eigenvalue weighted by Crippen LogP contribution is 2.29. The molecule has 4 rings (SSSR count). The van der Waals surface area contributed by atoms with Crippen LogP contribution in [0.25, 0.3) is 5.65 Å². The number of hydrogen-bond acceptors (Lipinski definition) is 6. The van der Waals surface area contributed by atoms with Crippen molar-refractivity contribution >= 4 is 11.5 Å². The quantitative estimate of drug-likeness (QED) is 0.706. The molecule has 0 radical (unpaired) electrons. The Hall–Kier alpha value is -2.72. The molecule has 4 heterocycles. The molecule has 1 fully saturated rings. The maximum Gasteiger partial charge on any atom is 0.453 e. The van der Waals surface area contributed by atoms with Crippen LogP contribution in [0, 0.1) is 0 Å². The number of rotatable bonds is 2. The van der Waals surface area contributed by atoms with Gasteiger partial charge in [0.15, 0.2) is 5.65 Å². The summed E-state index contributed by atoms with van der Waals surface area (Å²) in [6.45, 7) is 1.35. The van der Waals surface area contributed by atoms with Crippen molar-refractivity contribution in [1.29, 1.82) is 0 Å². The zero-order valence-corrected chi connectivity index (χ0v) is 12.4. The van der Waals surface area contributed by atoms with Crippen LogP contribution >= 0.6 is 0 Å². The fourth-order valence-electron chi connectivity index (χ4n) is 2.89. The summed E-state index contributed by atoms with van der Waals surface area (Å²) >= 11 is 0. The largest absolute Gasteiger partial charge is 0.453 e. The van der Waals surface area contributed by atoms with Crippen LogP contribution in [0.4, 0.5) is 19.0 Å². The third-order valence-corrected chi connectivity index (χ3v) is 4.10. The lowest BCUT2D eigenvalue weighted by Crippen LogP contribution is -2.35. The molecule has 3 aromatic rings. The summed E-state index contributed by atoms with van der Waals surface area (Å²) in [4.78, 5) is 5.89. The van der Waals surface area contributed by atoms with Crippen LogP contribution in [0.3, 0.4) is 0 Å². The van der Waals surface area contributed by atoms with Gasteiger partial charge in [0.25, 0.3) is 5.82 Å². The minimum atomic E-state index is -4.59. The highest BCUT2D eigenvalue weighted by Gasteiger charge is 2.37. The first kappa shape index (κ1) is 14.8. The minimum absolute atomic E-state index is 0.0728. The summed E-state index contributed by atoms with van der Waals surface area (Å²) in [6, 6.07) is 3.40. The number of alkyl halides is 3. The van der Waals surface area contributed by atoms with Gasteiger partial charge in [0.1, 0.15) is 18.5 Å². The van der Waals surface area contributed by atoms with Crippen LogP contribution < -0.4 is 4.90 Å². The van der Waals surface area contributed by atoms with Crippen LogP contribution in [0.1, 0.15) is 24.7 Å². The molecule has 0 spiro atoms. The molecule has 0 saturated carbocycles. The van der Waals surface area contributed by atoms with Gasteiger partial charge in [-0.05, 0) is 25.0 Å². The van der Waals surface area contributed by atoms with E-state index in [1.54, 1.807) is 12.4 Å². The Balaban J connectivity index is 1.57. The zero-order chi connectivity index (χ0) is 16.7. The smallest absolute Gasteiger partial charge is 0.355 e. The third kappa shape index (κ3) is 2.55. The minimum Gasteiger partial charge on any atom is -0.355 e. The summed E-state index contributed by atoms with van der Waals surface area (Å²) < 4.78 is 41.4. The Kier molecular flexibility index (Phi) is 3.36. The van der Waals surface area contributed by atoms with Crippen molar-refractivity contribution in [3.8, 4) is 0 Å². The van der Waals surface area contributed by atoms with Gasteiger partial charge >= 0.3 is 6.18 Å². The lowest BCUT2D eigenvalue weighted by molar-refractivity contribution is -0.146. The van der Waals surface area contributed by atoms with Crippen LogP contribution in [-0.4, -0.2) is 47.7 Å². The van der Waals surface area contributed by atoms with E-state index in [0.29, 0.717) is 18.9 Å². The Morgan fingerprint density at radius 2 is 1.88 bits per heavy atom. The maximum atomic E-state index is 12.9. The fraction of sp³-hybridized carbons (Fsp3) is 0.462. The van der Waals surface area contributed by atoms with Gasteiger partial charge in [-0.15, -0.1) is 15.3 Å². The summed E-state index contributed by atoms with van der Waals surface area (Å²) in [5.41, 5.74) is 0.0728. The molecule has 0 unspecified atom stereocenters. The molecule has 1 aliphatic heterocycles. The number of fused-ring (bicyclic) bond motifs is 1. The Morgan fingerprint density at radius 3 is 2.54 bits per heavy atom. The lowest BCUT2D eigenvalue weighted by Gasteiger charge is -2.32. The maximum absolute atomic E-state index is 12.9. The molecule has 0 N–H and O–H groups in total. The molecule has 0 bridgehead atoms. The second kappa shape index (κ2) is 5.42.